The normalized spacial score (nSPS) is 14.4. The van der Waals surface area contributed by atoms with Crippen molar-refractivity contribution in [3.8, 4) is 52.6 Å². The Morgan fingerprint density at radius 3 is 1.78 bits per heavy atom. The van der Waals surface area contributed by atoms with Crippen LogP contribution in [0.1, 0.15) is 164 Å². The minimum Gasteiger partial charge on any atom is -0.488 e. The van der Waals surface area contributed by atoms with Crippen molar-refractivity contribution in [3.05, 3.63) is 98.0 Å². The monoisotopic (exact) mass is 1100 g/mol. The zero-order valence-electron chi connectivity index (χ0n) is 41.7. The van der Waals surface area contributed by atoms with E-state index in [2.05, 4.69) is 42.5 Å². The van der Waals surface area contributed by atoms with Gasteiger partial charge in [-0.25, -0.2) is 13.2 Å². The number of ether oxygens (including phenoxy) is 2. The van der Waals surface area contributed by atoms with Gasteiger partial charge >= 0.3 is 0 Å². The van der Waals surface area contributed by atoms with Gasteiger partial charge in [0.2, 0.25) is 0 Å². The predicted molar refractivity (Wildman–Crippen MR) is 312 cm³/mol. The quantitative estimate of drug-likeness (QED) is 0.0330. The number of fused-ring (bicyclic) bond motifs is 2. The summed E-state index contributed by atoms with van der Waals surface area (Å²) in [4.78, 5) is 6.93. The number of benzene rings is 2. The first-order valence-electron chi connectivity index (χ1n) is 26.5. The van der Waals surface area contributed by atoms with Crippen LogP contribution in [0.25, 0.3) is 63.1 Å². The van der Waals surface area contributed by atoms with Gasteiger partial charge in [-0.15, -0.1) is 57.1 Å². The van der Waals surface area contributed by atoms with Gasteiger partial charge in [-0.05, 0) is 83.9 Å². The summed E-state index contributed by atoms with van der Waals surface area (Å²) in [5, 5.41) is 5.75. The van der Waals surface area contributed by atoms with Crippen LogP contribution in [0.5, 0.6) is 11.5 Å². The standard InChI is InChI=1S/C58H67F2N3O2S7/c1-3-5-7-9-11-13-15-17-19-21-32-64-55-56(65-33-22-20-18-16-14-12-10-8-6-4-2)58(49-30-28-45(70-49)41-38-43(60)51(47-26-24-35-67-47)54-53(41)62-72-63-54)71-57(55)48-29-27-44(69-48)40-37-42(59)50(46-25-23-34-66-46)39-31-36-68-61-52(39)40/h23-26,28-31,34-35,37-38,44H,3-22,27,32-33,36H2,1-2H3. The van der Waals surface area contributed by atoms with Crippen LogP contribution in [0, 0.1) is 11.6 Å². The van der Waals surface area contributed by atoms with E-state index < -0.39 is 0 Å². The van der Waals surface area contributed by atoms with E-state index in [4.69, 9.17) is 18.2 Å². The molecule has 0 spiro atoms. The molecule has 2 aliphatic heterocycles. The number of halogens is 2. The molecule has 7 heterocycles. The molecule has 0 fully saturated rings. The summed E-state index contributed by atoms with van der Waals surface area (Å²) in [6.07, 6.45) is 30.3. The molecule has 5 aromatic heterocycles. The van der Waals surface area contributed by atoms with E-state index in [1.54, 1.807) is 57.9 Å². The number of allylic oxidation sites excluding steroid dienone is 1. The van der Waals surface area contributed by atoms with Crippen LogP contribution in [0.2, 0.25) is 0 Å². The molecule has 1 unspecified atom stereocenters. The maximum absolute atomic E-state index is 16.4. The molecule has 382 valence electrons. The molecule has 0 bridgehead atoms. The molecule has 0 radical (unpaired) electrons. The average Bonchev–Trinajstić information content (AvgIpc) is 4.27. The number of aromatic nitrogens is 2. The molecule has 5 nitrogen and oxygen atoms in total. The molecule has 2 aromatic carbocycles. The summed E-state index contributed by atoms with van der Waals surface area (Å²) in [6.45, 7) is 5.75. The molecule has 7 aromatic rings. The van der Waals surface area contributed by atoms with Crippen LogP contribution in [0.15, 0.2) is 69.8 Å². The highest BCUT2D eigenvalue weighted by Gasteiger charge is 2.32. The Labute approximate surface area is 454 Å². The maximum Gasteiger partial charge on any atom is 0.181 e. The first kappa shape index (κ1) is 53.5. The molecule has 0 aliphatic carbocycles. The summed E-state index contributed by atoms with van der Waals surface area (Å²) in [5.74, 6) is 1.83. The first-order valence-corrected chi connectivity index (χ1v) is 32.4. The van der Waals surface area contributed by atoms with Crippen LogP contribution in [-0.4, -0.2) is 27.7 Å². The third-order valence-electron chi connectivity index (χ3n) is 13.6. The maximum atomic E-state index is 16.4. The van der Waals surface area contributed by atoms with Gasteiger partial charge in [0, 0.05) is 51.8 Å². The van der Waals surface area contributed by atoms with Crippen molar-refractivity contribution in [2.75, 3.05) is 19.0 Å². The van der Waals surface area contributed by atoms with Gasteiger partial charge in [-0.2, -0.15) is 8.75 Å². The molecule has 0 saturated heterocycles. The number of hydrogen-bond donors (Lipinski definition) is 0. The van der Waals surface area contributed by atoms with Crippen molar-refractivity contribution < 1.29 is 18.3 Å². The van der Waals surface area contributed by atoms with Gasteiger partial charge in [0.05, 0.1) is 45.6 Å². The van der Waals surface area contributed by atoms with Crippen molar-refractivity contribution in [1.82, 2.24) is 8.75 Å². The van der Waals surface area contributed by atoms with Crippen LogP contribution in [-0.2, 0) is 0 Å². The van der Waals surface area contributed by atoms with Gasteiger partial charge in [0.1, 0.15) is 22.7 Å². The van der Waals surface area contributed by atoms with Gasteiger partial charge in [0.15, 0.2) is 11.5 Å². The molecule has 72 heavy (non-hydrogen) atoms. The first-order chi connectivity index (χ1) is 35.5. The zero-order valence-corrected chi connectivity index (χ0v) is 47.5. The third kappa shape index (κ3) is 13.2. The summed E-state index contributed by atoms with van der Waals surface area (Å²) in [7, 11) is 0. The van der Waals surface area contributed by atoms with E-state index in [9.17, 15) is 0 Å². The average molecular weight is 1100 g/mol. The molecule has 0 N–H and O–H groups in total. The van der Waals surface area contributed by atoms with Gasteiger partial charge in [0.25, 0.3) is 0 Å². The summed E-state index contributed by atoms with van der Waals surface area (Å²) < 4.78 is 60.8. The fraction of sp³-hybridized carbons (Fsp3) is 0.466. The van der Waals surface area contributed by atoms with Crippen molar-refractivity contribution >= 4 is 103 Å². The van der Waals surface area contributed by atoms with Gasteiger partial charge in [-0.1, -0.05) is 154 Å². The van der Waals surface area contributed by atoms with Crippen molar-refractivity contribution in [1.29, 1.82) is 0 Å². The van der Waals surface area contributed by atoms with Crippen molar-refractivity contribution in [3.63, 3.8) is 0 Å². The number of nitrogens with zero attached hydrogens (tertiary/aromatic N) is 3. The van der Waals surface area contributed by atoms with E-state index >= 15 is 8.78 Å². The SMILES string of the molecule is CCCCCCCCCCCCOc1c(C2=CCC(c3cc(F)c(-c4cccs4)c4c3=NSCC=4)S2)sc(-c2ccc(-c3cc(F)c(-c4cccs4)c4nsnc34)s2)c1OCCCCCCCCCCCC. The topological polar surface area (TPSA) is 56.6 Å². The van der Waals surface area contributed by atoms with E-state index in [-0.39, 0.29) is 16.9 Å². The minimum absolute atomic E-state index is 0.0117. The number of thioether (sulfide) groups is 1. The number of rotatable bonds is 30. The van der Waals surface area contributed by atoms with Crippen LogP contribution >= 0.6 is 80.8 Å². The smallest absolute Gasteiger partial charge is 0.181 e. The van der Waals surface area contributed by atoms with Gasteiger partial charge in [-0.3, -0.25) is 0 Å². The predicted octanol–water partition coefficient (Wildman–Crippen LogP) is 19.8. The van der Waals surface area contributed by atoms with E-state index in [0.717, 1.165) is 117 Å². The molecular formula is C58H67F2N3O2S7. The molecule has 1 atom stereocenters. The Balaban J connectivity index is 1.01. The van der Waals surface area contributed by atoms with E-state index in [1.807, 2.05) is 35.0 Å². The van der Waals surface area contributed by atoms with Gasteiger partial charge < -0.3 is 9.47 Å². The van der Waals surface area contributed by atoms with Crippen LogP contribution in [0.4, 0.5) is 8.78 Å². The number of thiophene rings is 4. The fourth-order valence-electron chi connectivity index (χ4n) is 9.79. The fourth-order valence-corrected chi connectivity index (χ4v) is 16.3. The number of unbranched alkanes of at least 4 members (excludes halogenated alkanes) is 18. The Morgan fingerprint density at radius 1 is 0.583 bits per heavy atom. The molecular weight excluding hydrogens is 1030 g/mol. The molecule has 9 rings (SSSR count). The van der Waals surface area contributed by atoms with E-state index in [1.165, 1.54) is 126 Å². The Hall–Kier alpha value is -3.37. The second-order valence-electron chi connectivity index (χ2n) is 18.9. The highest BCUT2D eigenvalue weighted by atomic mass is 32.2. The second kappa shape index (κ2) is 27.4. The molecule has 0 saturated carbocycles. The summed E-state index contributed by atoms with van der Waals surface area (Å²) >= 11 is 10.9. The molecule has 14 heteroatoms. The molecule has 2 aliphatic rings. The lowest BCUT2D eigenvalue weighted by molar-refractivity contribution is 0.261. The lowest BCUT2D eigenvalue weighted by Crippen LogP contribution is -2.34. The Kier molecular flexibility index (Phi) is 20.4. The lowest BCUT2D eigenvalue weighted by Gasteiger charge is -2.16. The third-order valence-corrected chi connectivity index (χ3v) is 20.5. The number of hydrogen-bond acceptors (Lipinski definition) is 12. The van der Waals surface area contributed by atoms with Crippen LogP contribution < -0.4 is 20.0 Å². The Morgan fingerprint density at radius 2 is 1.15 bits per heavy atom. The second-order valence-corrected chi connectivity index (χ2v) is 25.5. The Bertz CT molecular complexity index is 2970. The van der Waals surface area contributed by atoms with Crippen molar-refractivity contribution in [2.24, 2.45) is 4.40 Å². The summed E-state index contributed by atoms with van der Waals surface area (Å²) in [5.41, 5.74) is 4.16. The highest BCUT2D eigenvalue weighted by molar-refractivity contribution is 8.09. The zero-order chi connectivity index (χ0) is 49.5. The van der Waals surface area contributed by atoms with Crippen molar-refractivity contribution in [2.45, 2.75) is 154 Å². The minimum atomic E-state index is -0.296. The summed E-state index contributed by atoms with van der Waals surface area (Å²) in [6, 6.07) is 15.5. The largest absolute Gasteiger partial charge is 0.488 e. The molecule has 0 amide bonds. The lowest BCUT2D eigenvalue weighted by atomic mass is 10.0. The van der Waals surface area contributed by atoms with Crippen LogP contribution in [0.3, 0.4) is 0 Å². The van der Waals surface area contributed by atoms with E-state index in [0.29, 0.717) is 35.4 Å². The highest BCUT2D eigenvalue weighted by Crippen LogP contribution is 2.58.